The summed E-state index contributed by atoms with van der Waals surface area (Å²) in [5.41, 5.74) is -0.584. The van der Waals surface area contributed by atoms with Crippen molar-refractivity contribution >= 4 is 5.91 Å². The number of H-pyrrole nitrogens is 1. The first kappa shape index (κ1) is 15.0. The van der Waals surface area contributed by atoms with E-state index < -0.39 is 5.60 Å². The Morgan fingerprint density at radius 3 is 3.20 bits per heavy atom. The Hall–Kier alpha value is -1.44. The fourth-order valence-electron chi connectivity index (χ4n) is 2.54. The number of nitrogens with zero attached hydrogens (tertiary/aromatic N) is 2. The highest BCUT2D eigenvalue weighted by atomic mass is 16.5. The molecule has 7 heteroatoms. The standard InChI is InChI=1S/C13H22N4O3/c1-14-12(18)7-13(10-19-2)9-17(5-6-20-13)8-11-15-3-4-16-11/h3-4H,5-10H2,1-2H3,(H,14,18)(H,15,16)/t13-/m0/s1. The van der Waals surface area contributed by atoms with Gasteiger partial charge in [0, 0.05) is 39.6 Å². The predicted octanol–water partition coefficient (Wildman–Crippen LogP) is -0.237. The van der Waals surface area contributed by atoms with E-state index in [1.807, 2.05) is 6.20 Å². The number of carbonyl (C=O) groups is 1. The van der Waals surface area contributed by atoms with Crippen molar-refractivity contribution in [3.05, 3.63) is 18.2 Å². The number of rotatable bonds is 6. The largest absolute Gasteiger partial charge is 0.382 e. The number of imidazole rings is 1. The molecule has 0 aromatic carbocycles. The highest BCUT2D eigenvalue weighted by Gasteiger charge is 2.38. The van der Waals surface area contributed by atoms with Crippen LogP contribution in [0.5, 0.6) is 0 Å². The summed E-state index contributed by atoms with van der Waals surface area (Å²) in [6.45, 7) is 3.17. The smallest absolute Gasteiger partial charge is 0.222 e. The van der Waals surface area contributed by atoms with Crippen molar-refractivity contribution in [2.24, 2.45) is 0 Å². The SMILES string of the molecule is CNC(=O)C[C@@]1(COC)CN(Cc2ncc[nH]2)CCO1. The molecule has 2 rings (SSSR count). The summed E-state index contributed by atoms with van der Waals surface area (Å²) in [4.78, 5) is 21.3. The quantitative estimate of drug-likeness (QED) is 0.753. The minimum atomic E-state index is -0.584. The molecule has 1 aromatic heterocycles. The monoisotopic (exact) mass is 282 g/mol. The Kier molecular flexibility index (Phi) is 5.11. The summed E-state index contributed by atoms with van der Waals surface area (Å²) in [7, 11) is 3.26. The number of aromatic amines is 1. The van der Waals surface area contributed by atoms with Gasteiger partial charge in [0.1, 0.15) is 11.4 Å². The molecule has 0 unspecified atom stereocenters. The van der Waals surface area contributed by atoms with E-state index in [4.69, 9.17) is 9.47 Å². The second kappa shape index (κ2) is 6.83. The van der Waals surface area contributed by atoms with Gasteiger partial charge in [0.2, 0.25) is 5.91 Å². The summed E-state index contributed by atoms with van der Waals surface area (Å²) in [6.07, 6.45) is 3.84. The van der Waals surface area contributed by atoms with Gasteiger partial charge in [0.15, 0.2) is 0 Å². The molecule has 1 atom stereocenters. The van der Waals surface area contributed by atoms with Crippen molar-refractivity contribution in [2.45, 2.75) is 18.6 Å². The van der Waals surface area contributed by atoms with E-state index in [1.54, 1.807) is 20.4 Å². The summed E-state index contributed by atoms with van der Waals surface area (Å²) < 4.78 is 11.1. The van der Waals surface area contributed by atoms with Crippen LogP contribution in [0, 0.1) is 0 Å². The van der Waals surface area contributed by atoms with Crippen molar-refractivity contribution in [3.8, 4) is 0 Å². The van der Waals surface area contributed by atoms with Crippen molar-refractivity contribution in [1.82, 2.24) is 20.2 Å². The van der Waals surface area contributed by atoms with E-state index in [-0.39, 0.29) is 5.91 Å². The number of hydrogen-bond donors (Lipinski definition) is 2. The van der Waals surface area contributed by atoms with E-state index in [0.717, 1.165) is 18.9 Å². The summed E-state index contributed by atoms with van der Waals surface area (Å²) in [6, 6.07) is 0. The van der Waals surface area contributed by atoms with Crippen LogP contribution >= 0.6 is 0 Å². The fourth-order valence-corrected chi connectivity index (χ4v) is 2.54. The van der Waals surface area contributed by atoms with Crippen LogP contribution in [-0.4, -0.2) is 66.8 Å². The maximum Gasteiger partial charge on any atom is 0.222 e. The lowest BCUT2D eigenvalue weighted by molar-refractivity contribution is -0.156. The van der Waals surface area contributed by atoms with Crippen LogP contribution in [0.1, 0.15) is 12.2 Å². The number of aromatic nitrogens is 2. The van der Waals surface area contributed by atoms with Crippen LogP contribution in [-0.2, 0) is 20.8 Å². The Bertz CT molecular complexity index is 419. The second-order valence-electron chi connectivity index (χ2n) is 5.06. The van der Waals surface area contributed by atoms with Gasteiger partial charge in [-0.15, -0.1) is 0 Å². The molecule has 0 radical (unpaired) electrons. The molecule has 7 nitrogen and oxygen atoms in total. The van der Waals surface area contributed by atoms with Gasteiger partial charge in [-0.05, 0) is 0 Å². The number of methoxy groups -OCH3 is 1. The average molecular weight is 282 g/mol. The van der Waals surface area contributed by atoms with E-state index in [9.17, 15) is 4.79 Å². The average Bonchev–Trinajstić information content (AvgIpc) is 2.92. The molecule has 1 amide bonds. The van der Waals surface area contributed by atoms with Gasteiger partial charge >= 0.3 is 0 Å². The lowest BCUT2D eigenvalue weighted by atomic mass is 9.97. The zero-order valence-electron chi connectivity index (χ0n) is 12.0. The minimum Gasteiger partial charge on any atom is -0.382 e. The Balaban J connectivity index is 2.02. The van der Waals surface area contributed by atoms with Crippen LogP contribution in [0.15, 0.2) is 12.4 Å². The molecule has 1 fully saturated rings. The molecular weight excluding hydrogens is 260 g/mol. The van der Waals surface area contributed by atoms with Crippen molar-refractivity contribution in [1.29, 1.82) is 0 Å². The van der Waals surface area contributed by atoms with Gasteiger partial charge < -0.3 is 19.8 Å². The molecule has 1 aromatic rings. The van der Waals surface area contributed by atoms with Crippen molar-refractivity contribution in [2.75, 3.05) is 40.5 Å². The summed E-state index contributed by atoms with van der Waals surface area (Å²) >= 11 is 0. The number of amides is 1. The molecule has 0 aliphatic carbocycles. The number of ether oxygens (including phenoxy) is 2. The van der Waals surface area contributed by atoms with Crippen LogP contribution in [0.2, 0.25) is 0 Å². The van der Waals surface area contributed by atoms with Crippen LogP contribution in [0.4, 0.5) is 0 Å². The first-order valence-corrected chi connectivity index (χ1v) is 6.71. The van der Waals surface area contributed by atoms with Gasteiger partial charge in [-0.3, -0.25) is 9.69 Å². The van der Waals surface area contributed by atoms with E-state index in [1.165, 1.54) is 0 Å². The van der Waals surface area contributed by atoms with E-state index in [2.05, 4.69) is 20.2 Å². The molecule has 20 heavy (non-hydrogen) atoms. The van der Waals surface area contributed by atoms with E-state index >= 15 is 0 Å². The molecular formula is C13H22N4O3. The molecule has 0 bridgehead atoms. The fraction of sp³-hybridized carbons (Fsp3) is 0.692. The second-order valence-corrected chi connectivity index (χ2v) is 5.06. The Labute approximate surface area is 118 Å². The number of morpholine rings is 1. The number of hydrogen-bond acceptors (Lipinski definition) is 5. The van der Waals surface area contributed by atoms with Crippen LogP contribution in [0.25, 0.3) is 0 Å². The molecule has 2 heterocycles. The lowest BCUT2D eigenvalue weighted by Crippen LogP contribution is -2.55. The molecule has 0 spiro atoms. The van der Waals surface area contributed by atoms with Gasteiger partial charge in [-0.1, -0.05) is 0 Å². The van der Waals surface area contributed by atoms with E-state index in [0.29, 0.717) is 26.2 Å². The van der Waals surface area contributed by atoms with Crippen LogP contribution < -0.4 is 5.32 Å². The van der Waals surface area contributed by atoms with Gasteiger partial charge in [0.05, 0.1) is 26.2 Å². The molecule has 1 aliphatic heterocycles. The van der Waals surface area contributed by atoms with Crippen LogP contribution in [0.3, 0.4) is 0 Å². The first-order chi connectivity index (χ1) is 9.67. The third-order valence-corrected chi connectivity index (χ3v) is 3.42. The minimum absolute atomic E-state index is 0.0399. The normalized spacial score (nSPS) is 23.7. The zero-order valence-corrected chi connectivity index (χ0v) is 12.0. The van der Waals surface area contributed by atoms with Gasteiger partial charge in [-0.25, -0.2) is 4.98 Å². The third-order valence-electron chi connectivity index (χ3n) is 3.42. The van der Waals surface area contributed by atoms with Crippen molar-refractivity contribution < 1.29 is 14.3 Å². The molecule has 1 saturated heterocycles. The summed E-state index contributed by atoms with van der Waals surface area (Å²) in [5.74, 6) is 0.875. The summed E-state index contributed by atoms with van der Waals surface area (Å²) in [5, 5.41) is 2.64. The molecule has 2 N–H and O–H groups in total. The topological polar surface area (TPSA) is 79.5 Å². The van der Waals surface area contributed by atoms with Gasteiger partial charge in [-0.2, -0.15) is 0 Å². The number of nitrogens with one attached hydrogen (secondary N) is 2. The molecule has 112 valence electrons. The first-order valence-electron chi connectivity index (χ1n) is 6.71. The number of carbonyl (C=O) groups excluding carboxylic acids is 1. The highest BCUT2D eigenvalue weighted by molar-refractivity contribution is 5.76. The Morgan fingerprint density at radius 1 is 1.70 bits per heavy atom. The third kappa shape index (κ3) is 3.78. The molecule has 0 saturated carbocycles. The highest BCUT2D eigenvalue weighted by Crippen LogP contribution is 2.23. The van der Waals surface area contributed by atoms with Crippen molar-refractivity contribution in [3.63, 3.8) is 0 Å². The van der Waals surface area contributed by atoms with Gasteiger partial charge in [0.25, 0.3) is 0 Å². The zero-order chi connectivity index (χ0) is 14.4. The predicted molar refractivity (Wildman–Crippen MR) is 73.1 cm³/mol. The lowest BCUT2D eigenvalue weighted by Gasteiger charge is -2.41. The maximum atomic E-state index is 11.7. The molecule has 1 aliphatic rings. The maximum absolute atomic E-state index is 11.7. The Morgan fingerprint density at radius 2 is 2.55 bits per heavy atom.